The number of ether oxygens (including phenoxy) is 1. The Bertz CT molecular complexity index is 512. The van der Waals surface area contributed by atoms with Gasteiger partial charge in [0, 0.05) is 18.2 Å². The second-order valence-corrected chi connectivity index (χ2v) is 6.06. The lowest BCUT2D eigenvalue weighted by molar-refractivity contribution is 0.0636. The molecule has 1 atom stereocenters. The molecule has 2 N–H and O–H groups in total. The SMILES string of the molecule is CC1COB(O)c2cc(NC(=O)OC(C)(C)C)ccc21. The van der Waals surface area contributed by atoms with Crippen LogP contribution < -0.4 is 10.8 Å². The molecule has 0 saturated carbocycles. The zero-order chi connectivity index (χ0) is 14.9. The molecule has 1 unspecified atom stereocenters. The first kappa shape index (κ1) is 14.9. The Morgan fingerprint density at radius 1 is 1.50 bits per heavy atom. The molecule has 1 amide bonds. The van der Waals surface area contributed by atoms with E-state index in [4.69, 9.17) is 9.39 Å². The highest BCUT2D eigenvalue weighted by atomic mass is 16.6. The average molecular weight is 277 g/mol. The summed E-state index contributed by atoms with van der Waals surface area (Å²) in [6.07, 6.45) is -0.517. The summed E-state index contributed by atoms with van der Waals surface area (Å²) in [5.41, 5.74) is 1.76. The van der Waals surface area contributed by atoms with E-state index in [9.17, 15) is 9.82 Å². The molecule has 0 saturated heterocycles. The van der Waals surface area contributed by atoms with Crippen LogP contribution in [-0.2, 0) is 9.39 Å². The van der Waals surface area contributed by atoms with E-state index in [1.54, 1.807) is 32.9 Å². The molecule has 0 spiro atoms. The second-order valence-electron chi connectivity index (χ2n) is 6.06. The van der Waals surface area contributed by atoms with Crippen LogP contribution in [0.25, 0.3) is 0 Å². The summed E-state index contributed by atoms with van der Waals surface area (Å²) >= 11 is 0. The summed E-state index contributed by atoms with van der Waals surface area (Å²) in [4.78, 5) is 11.7. The third-order valence-electron chi connectivity index (χ3n) is 3.03. The van der Waals surface area contributed by atoms with E-state index in [0.717, 1.165) is 5.56 Å². The average Bonchev–Trinajstić information content (AvgIpc) is 2.31. The fraction of sp³-hybridized carbons (Fsp3) is 0.500. The van der Waals surface area contributed by atoms with Crippen LogP contribution in [0.1, 0.15) is 39.2 Å². The van der Waals surface area contributed by atoms with Crippen molar-refractivity contribution in [3.63, 3.8) is 0 Å². The molecule has 1 aromatic rings. The number of carbonyl (C=O) groups is 1. The minimum absolute atomic E-state index is 0.226. The van der Waals surface area contributed by atoms with Gasteiger partial charge >= 0.3 is 13.2 Å². The lowest BCUT2D eigenvalue weighted by atomic mass is 9.71. The van der Waals surface area contributed by atoms with Gasteiger partial charge in [-0.05, 0) is 43.9 Å². The first-order chi connectivity index (χ1) is 9.26. The molecule has 0 bridgehead atoms. The van der Waals surface area contributed by atoms with Crippen LogP contribution in [-0.4, -0.2) is 30.4 Å². The summed E-state index contributed by atoms with van der Waals surface area (Å²) in [5, 5.41) is 12.5. The standard InChI is InChI=1S/C14H20BNO4/c1-9-8-19-15(18)12-7-10(5-6-11(9)12)16-13(17)20-14(2,3)4/h5-7,9,18H,8H2,1-4H3,(H,16,17). The van der Waals surface area contributed by atoms with Crippen LogP contribution in [0.3, 0.4) is 0 Å². The van der Waals surface area contributed by atoms with Gasteiger partial charge in [-0.25, -0.2) is 4.79 Å². The van der Waals surface area contributed by atoms with Gasteiger partial charge in [-0.3, -0.25) is 5.32 Å². The molecule has 108 valence electrons. The molecule has 0 fully saturated rings. The first-order valence-corrected chi connectivity index (χ1v) is 6.70. The van der Waals surface area contributed by atoms with E-state index in [1.807, 2.05) is 13.0 Å². The minimum Gasteiger partial charge on any atom is -0.444 e. The Kier molecular flexibility index (Phi) is 4.06. The van der Waals surface area contributed by atoms with Crippen molar-refractivity contribution >= 4 is 24.4 Å². The molecule has 2 rings (SSSR count). The molecule has 5 nitrogen and oxygen atoms in total. The Hall–Kier alpha value is -1.53. The van der Waals surface area contributed by atoms with Crippen molar-refractivity contribution in [3.8, 4) is 0 Å². The normalized spacial score (nSPS) is 18.4. The van der Waals surface area contributed by atoms with E-state index < -0.39 is 18.8 Å². The Morgan fingerprint density at radius 2 is 2.20 bits per heavy atom. The van der Waals surface area contributed by atoms with E-state index in [2.05, 4.69) is 5.32 Å². The molecule has 0 radical (unpaired) electrons. The fourth-order valence-corrected chi connectivity index (χ4v) is 2.15. The Labute approximate surface area is 119 Å². The molecule has 1 aliphatic heterocycles. The molecule has 1 heterocycles. The third-order valence-corrected chi connectivity index (χ3v) is 3.03. The van der Waals surface area contributed by atoms with Crippen LogP contribution in [0, 0.1) is 0 Å². The van der Waals surface area contributed by atoms with Gasteiger partial charge in [-0.2, -0.15) is 0 Å². The number of rotatable bonds is 1. The van der Waals surface area contributed by atoms with Crippen LogP contribution >= 0.6 is 0 Å². The highest BCUT2D eigenvalue weighted by molar-refractivity contribution is 6.61. The van der Waals surface area contributed by atoms with Crippen molar-refractivity contribution in [1.29, 1.82) is 0 Å². The van der Waals surface area contributed by atoms with Gasteiger partial charge in [0.15, 0.2) is 0 Å². The summed E-state index contributed by atoms with van der Waals surface area (Å²) in [7, 11) is -0.943. The van der Waals surface area contributed by atoms with Crippen molar-refractivity contribution in [2.45, 2.75) is 39.2 Å². The van der Waals surface area contributed by atoms with Gasteiger partial charge in [0.05, 0.1) is 0 Å². The number of benzene rings is 1. The van der Waals surface area contributed by atoms with Gasteiger partial charge in [0.1, 0.15) is 5.60 Å². The topological polar surface area (TPSA) is 67.8 Å². The Balaban J connectivity index is 2.15. The van der Waals surface area contributed by atoms with Crippen molar-refractivity contribution in [3.05, 3.63) is 23.8 Å². The van der Waals surface area contributed by atoms with Crippen molar-refractivity contribution in [1.82, 2.24) is 0 Å². The predicted octanol–water partition coefficient (Wildman–Crippen LogP) is 1.85. The molecule has 0 aromatic heterocycles. The number of nitrogens with one attached hydrogen (secondary N) is 1. The number of hydrogen-bond donors (Lipinski definition) is 2. The van der Waals surface area contributed by atoms with Crippen LogP contribution in [0.15, 0.2) is 18.2 Å². The summed E-state index contributed by atoms with van der Waals surface area (Å²) in [6, 6.07) is 5.43. The number of anilines is 1. The molecule has 20 heavy (non-hydrogen) atoms. The van der Waals surface area contributed by atoms with Gasteiger partial charge in [-0.15, -0.1) is 0 Å². The van der Waals surface area contributed by atoms with E-state index in [-0.39, 0.29) is 5.92 Å². The van der Waals surface area contributed by atoms with Gasteiger partial charge in [0.25, 0.3) is 0 Å². The quantitative estimate of drug-likeness (QED) is 0.769. The maximum Gasteiger partial charge on any atom is 0.491 e. The minimum atomic E-state index is -0.943. The monoisotopic (exact) mass is 277 g/mol. The highest BCUT2D eigenvalue weighted by Crippen LogP contribution is 2.21. The van der Waals surface area contributed by atoms with Crippen molar-refractivity contribution in [2.24, 2.45) is 0 Å². The fourth-order valence-electron chi connectivity index (χ4n) is 2.15. The number of carbonyl (C=O) groups excluding carboxylic acids is 1. The summed E-state index contributed by atoms with van der Waals surface area (Å²) in [6.45, 7) is 7.94. The van der Waals surface area contributed by atoms with Crippen LogP contribution in [0.2, 0.25) is 0 Å². The largest absolute Gasteiger partial charge is 0.491 e. The predicted molar refractivity (Wildman–Crippen MR) is 78.3 cm³/mol. The van der Waals surface area contributed by atoms with Crippen molar-refractivity contribution in [2.75, 3.05) is 11.9 Å². The molecule has 0 aliphatic carbocycles. The molecule has 6 heteroatoms. The molecule has 1 aromatic carbocycles. The first-order valence-electron chi connectivity index (χ1n) is 6.70. The number of fused-ring (bicyclic) bond motifs is 1. The highest BCUT2D eigenvalue weighted by Gasteiger charge is 2.29. The maximum absolute atomic E-state index is 11.7. The summed E-state index contributed by atoms with van der Waals surface area (Å²) < 4.78 is 10.5. The van der Waals surface area contributed by atoms with Crippen molar-refractivity contribution < 1.29 is 19.2 Å². The van der Waals surface area contributed by atoms with E-state index >= 15 is 0 Å². The zero-order valence-corrected chi connectivity index (χ0v) is 12.3. The zero-order valence-electron chi connectivity index (χ0n) is 12.3. The number of hydrogen-bond acceptors (Lipinski definition) is 4. The molecule has 1 aliphatic rings. The lowest BCUT2D eigenvalue weighted by Gasteiger charge is -2.25. The van der Waals surface area contributed by atoms with Crippen LogP contribution in [0.5, 0.6) is 0 Å². The smallest absolute Gasteiger partial charge is 0.444 e. The molecular formula is C14H20BNO4. The van der Waals surface area contributed by atoms with Gasteiger partial charge in [-0.1, -0.05) is 13.0 Å². The van der Waals surface area contributed by atoms with Gasteiger partial charge in [0.2, 0.25) is 0 Å². The maximum atomic E-state index is 11.7. The molecular weight excluding hydrogens is 257 g/mol. The lowest BCUT2D eigenvalue weighted by Crippen LogP contribution is -2.42. The van der Waals surface area contributed by atoms with E-state index in [1.165, 1.54) is 0 Å². The third kappa shape index (κ3) is 3.52. The second kappa shape index (κ2) is 5.46. The van der Waals surface area contributed by atoms with Crippen LogP contribution in [0.4, 0.5) is 10.5 Å². The number of amides is 1. The Morgan fingerprint density at radius 3 is 2.85 bits per heavy atom. The van der Waals surface area contributed by atoms with E-state index in [0.29, 0.717) is 17.8 Å². The summed E-state index contributed by atoms with van der Waals surface area (Å²) in [5.74, 6) is 0.226. The van der Waals surface area contributed by atoms with Gasteiger partial charge < -0.3 is 14.4 Å².